The van der Waals surface area contributed by atoms with E-state index in [4.69, 9.17) is 0 Å². The van der Waals surface area contributed by atoms with Gasteiger partial charge in [0.1, 0.15) is 5.82 Å². The Morgan fingerprint density at radius 3 is 2.84 bits per heavy atom. The summed E-state index contributed by atoms with van der Waals surface area (Å²) in [5.41, 5.74) is 1.77. The first kappa shape index (κ1) is 17.6. The van der Waals surface area contributed by atoms with E-state index in [1.54, 1.807) is 19.3 Å². The number of hydrogen-bond donors (Lipinski definition) is 1. The summed E-state index contributed by atoms with van der Waals surface area (Å²) >= 11 is 0. The number of carbonyl (C=O) groups excluding carboxylic acids is 1. The number of nitrogens with one attached hydrogen (secondary N) is 1. The fourth-order valence-corrected chi connectivity index (χ4v) is 3.53. The number of likely N-dealkylation sites (tertiary alicyclic amines) is 1. The van der Waals surface area contributed by atoms with Gasteiger partial charge >= 0.3 is 0 Å². The normalized spacial score (nSPS) is 16.1. The highest BCUT2D eigenvalue weighted by atomic mass is 19.1. The summed E-state index contributed by atoms with van der Waals surface area (Å²) in [7, 11) is 3.75. The van der Waals surface area contributed by atoms with Crippen LogP contribution in [-0.4, -0.2) is 56.1 Å². The Bertz CT molecular complexity index is 743. The van der Waals surface area contributed by atoms with Crippen LogP contribution in [0.15, 0.2) is 30.5 Å². The summed E-state index contributed by atoms with van der Waals surface area (Å²) in [6.45, 7) is 3.34. The van der Waals surface area contributed by atoms with Gasteiger partial charge in [-0.3, -0.25) is 14.7 Å². The summed E-state index contributed by atoms with van der Waals surface area (Å²) in [5.74, 6) is 0.406. The van der Waals surface area contributed by atoms with Crippen LogP contribution in [0.1, 0.15) is 12.8 Å². The number of carbonyl (C=O) groups is 1. The van der Waals surface area contributed by atoms with Gasteiger partial charge in [0.05, 0.1) is 12.1 Å². The molecule has 1 N–H and O–H groups in total. The molecule has 1 aromatic carbocycles. The minimum absolute atomic E-state index is 0.0751. The van der Waals surface area contributed by atoms with E-state index in [0.717, 1.165) is 43.5 Å². The number of hydrogen-bond acceptors (Lipinski definition) is 4. The van der Waals surface area contributed by atoms with E-state index in [9.17, 15) is 9.18 Å². The van der Waals surface area contributed by atoms with E-state index < -0.39 is 0 Å². The first-order chi connectivity index (χ1) is 12.1. The van der Waals surface area contributed by atoms with Crippen molar-refractivity contribution in [3.05, 3.63) is 36.3 Å². The predicted octanol–water partition coefficient (Wildman–Crippen LogP) is 2.27. The van der Waals surface area contributed by atoms with Crippen LogP contribution >= 0.6 is 0 Å². The van der Waals surface area contributed by atoms with Crippen molar-refractivity contribution in [3.8, 4) is 0 Å². The number of pyridine rings is 1. The van der Waals surface area contributed by atoms with Crippen molar-refractivity contribution >= 4 is 22.5 Å². The summed E-state index contributed by atoms with van der Waals surface area (Å²) in [6.07, 6.45) is 3.90. The highest BCUT2D eigenvalue weighted by Crippen LogP contribution is 2.27. The van der Waals surface area contributed by atoms with Crippen LogP contribution in [0.3, 0.4) is 0 Å². The average molecular weight is 344 g/mol. The first-order valence-electron chi connectivity index (χ1n) is 8.75. The average Bonchev–Trinajstić information content (AvgIpc) is 2.62. The van der Waals surface area contributed by atoms with Gasteiger partial charge in [-0.2, -0.15) is 0 Å². The van der Waals surface area contributed by atoms with Crippen LogP contribution < -0.4 is 10.2 Å². The molecule has 1 amide bonds. The smallest absolute Gasteiger partial charge is 0.233 e. The van der Waals surface area contributed by atoms with Crippen LogP contribution in [0.5, 0.6) is 0 Å². The molecule has 1 saturated heterocycles. The quantitative estimate of drug-likeness (QED) is 0.904. The SMILES string of the molecule is CNC(=O)CN1CCC(CN(C)c2ccnc3cc(F)ccc23)CC1. The summed E-state index contributed by atoms with van der Waals surface area (Å²) in [4.78, 5) is 20.2. The molecule has 2 heterocycles. The standard InChI is InChI=1S/C19H25FN4O/c1-21-19(25)13-24-9-6-14(7-10-24)12-23(2)18-5-8-22-17-11-15(20)3-4-16(17)18/h3-5,8,11,14H,6-7,9-10,12-13H2,1-2H3,(H,21,25). The third-order valence-electron chi connectivity index (χ3n) is 4.98. The lowest BCUT2D eigenvalue weighted by Crippen LogP contribution is -2.42. The number of likely N-dealkylation sites (N-methyl/N-ethyl adjacent to an activating group) is 1. The Balaban J connectivity index is 1.62. The Hall–Kier alpha value is -2.21. The fraction of sp³-hybridized carbons (Fsp3) is 0.474. The monoisotopic (exact) mass is 344 g/mol. The molecular formula is C19H25FN4O. The largest absolute Gasteiger partial charge is 0.374 e. The molecular weight excluding hydrogens is 319 g/mol. The molecule has 1 aliphatic heterocycles. The maximum atomic E-state index is 13.4. The molecule has 0 spiro atoms. The molecule has 1 aliphatic rings. The maximum Gasteiger partial charge on any atom is 0.233 e. The summed E-state index contributed by atoms with van der Waals surface area (Å²) < 4.78 is 13.4. The number of amides is 1. The van der Waals surface area contributed by atoms with E-state index in [1.165, 1.54) is 12.1 Å². The lowest BCUT2D eigenvalue weighted by Gasteiger charge is -2.34. The molecule has 1 fully saturated rings. The van der Waals surface area contributed by atoms with Crippen LogP contribution in [0.2, 0.25) is 0 Å². The summed E-state index contributed by atoms with van der Waals surface area (Å²) in [5, 5.41) is 3.65. The van der Waals surface area contributed by atoms with Gasteiger partial charge in [0.25, 0.3) is 0 Å². The van der Waals surface area contributed by atoms with Crippen LogP contribution in [0.25, 0.3) is 10.9 Å². The molecule has 0 unspecified atom stereocenters. The Morgan fingerprint density at radius 1 is 1.36 bits per heavy atom. The van der Waals surface area contributed by atoms with Gasteiger partial charge in [-0.05, 0) is 50.0 Å². The second-order valence-electron chi connectivity index (χ2n) is 6.76. The van der Waals surface area contributed by atoms with E-state index in [1.807, 2.05) is 6.07 Å². The van der Waals surface area contributed by atoms with Crippen molar-refractivity contribution < 1.29 is 9.18 Å². The third-order valence-corrected chi connectivity index (χ3v) is 4.98. The Kier molecular flexibility index (Phi) is 5.48. The summed E-state index contributed by atoms with van der Waals surface area (Å²) in [6, 6.07) is 6.75. The zero-order valence-electron chi connectivity index (χ0n) is 14.8. The van der Waals surface area contributed by atoms with Crippen LogP contribution in [0.4, 0.5) is 10.1 Å². The molecule has 3 rings (SSSR count). The lowest BCUT2D eigenvalue weighted by molar-refractivity contribution is -0.122. The van der Waals surface area contributed by atoms with Crippen LogP contribution in [0, 0.1) is 11.7 Å². The van der Waals surface area contributed by atoms with E-state index in [-0.39, 0.29) is 11.7 Å². The molecule has 0 radical (unpaired) electrons. The molecule has 0 aliphatic carbocycles. The first-order valence-corrected chi connectivity index (χ1v) is 8.75. The van der Waals surface area contributed by atoms with E-state index >= 15 is 0 Å². The molecule has 2 aromatic rings. The number of nitrogens with zero attached hydrogens (tertiary/aromatic N) is 3. The molecule has 134 valence electrons. The highest BCUT2D eigenvalue weighted by molar-refractivity contribution is 5.91. The molecule has 0 atom stereocenters. The molecule has 0 saturated carbocycles. The number of piperidine rings is 1. The minimum Gasteiger partial charge on any atom is -0.374 e. The zero-order valence-corrected chi connectivity index (χ0v) is 14.8. The number of anilines is 1. The third kappa shape index (κ3) is 4.25. The van der Waals surface area contributed by atoms with Crippen molar-refractivity contribution in [1.29, 1.82) is 0 Å². The Labute approximate surface area is 147 Å². The van der Waals surface area contributed by atoms with Crippen molar-refractivity contribution in [1.82, 2.24) is 15.2 Å². The maximum absolute atomic E-state index is 13.4. The Morgan fingerprint density at radius 2 is 2.12 bits per heavy atom. The predicted molar refractivity (Wildman–Crippen MR) is 98.2 cm³/mol. The number of benzene rings is 1. The second kappa shape index (κ2) is 7.78. The zero-order chi connectivity index (χ0) is 17.8. The van der Waals surface area contributed by atoms with Crippen molar-refractivity contribution in [3.63, 3.8) is 0 Å². The highest BCUT2D eigenvalue weighted by Gasteiger charge is 2.22. The van der Waals surface area contributed by atoms with Crippen molar-refractivity contribution in [2.75, 3.05) is 45.2 Å². The molecule has 0 bridgehead atoms. The molecule has 5 nitrogen and oxygen atoms in total. The minimum atomic E-state index is -0.261. The fourth-order valence-electron chi connectivity index (χ4n) is 3.53. The molecule has 1 aromatic heterocycles. The molecule has 6 heteroatoms. The van der Waals surface area contributed by atoms with Gasteiger partial charge in [-0.1, -0.05) is 0 Å². The van der Waals surface area contributed by atoms with E-state index in [0.29, 0.717) is 18.0 Å². The van der Waals surface area contributed by atoms with Gasteiger partial charge in [-0.15, -0.1) is 0 Å². The lowest BCUT2D eigenvalue weighted by atomic mass is 9.96. The van der Waals surface area contributed by atoms with Gasteiger partial charge in [0, 0.05) is 44.0 Å². The number of rotatable bonds is 5. The van der Waals surface area contributed by atoms with Crippen molar-refractivity contribution in [2.24, 2.45) is 5.92 Å². The van der Waals surface area contributed by atoms with Gasteiger partial charge in [0.2, 0.25) is 5.91 Å². The second-order valence-corrected chi connectivity index (χ2v) is 6.76. The van der Waals surface area contributed by atoms with Crippen molar-refractivity contribution in [2.45, 2.75) is 12.8 Å². The van der Waals surface area contributed by atoms with E-state index in [2.05, 4.69) is 27.1 Å². The number of fused-ring (bicyclic) bond motifs is 1. The van der Waals surface area contributed by atoms with Gasteiger partial charge < -0.3 is 10.2 Å². The van der Waals surface area contributed by atoms with Crippen LogP contribution in [-0.2, 0) is 4.79 Å². The van der Waals surface area contributed by atoms with Gasteiger partial charge in [-0.25, -0.2) is 4.39 Å². The molecule has 25 heavy (non-hydrogen) atoms. The van der Waals surface area contributed by atoms with Gasteiger partial charge in [0.15, 0.2) is 0 Å². The number of halogens is 1. The topological polar surface area (TPSA) is 48.5 Å². The number of aromatic nitrogens is 1.